The van der Waals surface area contributed by atoms with E-state index in [1.165, 1.54) is 5.57 Å². The summed E-state index contributed by atoms with van der Waals surface area (Å²) in [6, 6.07) is 0. The Morgan fingerprint density at radius 1 is 1.45 bits per heavy atom. The van der Waals surface area contributed by atoms with E-state index in [0.29, 0.717) is 17.6 Å². The van der Waals surface area contributed by atoms with Gasteiger partial charge in [0.1, 0.15) is 0 Å². The van der Waals surface area contributed by atoms with Crippen LogP contribution in [-0.4, -0.2) is 5.78 Å². The molecule has 1 fully saturated rings. The van der Waals surface area contributed by atoms with Crippen molar-refractivity contribution in [2.75, 3.05) is 0 Å². The van der Waals surface area contributed by atoms with Crippen LogP contribution in [0.1, 0.15) is 27.2 Å². The molecule has 60 valence electrons. The predicted octanol–water partition coefficient (Wildman–Crippen LogP) is 2.18. The predicted molar refractivity (Wildman–Crippen MR) is 44.1 cm³/mol. The zero-order chi connectivity index (χ0) is 8.22. The van der Waals surface area contributed by atoms with Gasteiger partial charge in [0, 0.05) is 5.92 Å². The molecule has 0 spiro atoms. The van der Waals surface area contributed by atoms with Gasteiger partial charge in [-0.25, -0.2) is 0 Å². The summed E-state index contributed by atoms with van der Waals surface area (Å²) in [7, 11) is 0. The van der Waals surface area contributed by atoms with Gasteiger partial charge < -0.3 is 0 Å². The minimum atomic E-state index is 0.260. The Labute approximate surface area is 67.5 Å². The molecule has 1 nitrogen and oxygen atoms in total. The van der Waals surface area contributed by atoms with Gasteiger partial charge in [0.2, 0.25) is 0 Å². The van der Waals surface area contributed by atoms with E-state index in [4.69, 9.17) is 0 Å². The van der Waals surface area contributed by atoms with E-state index in [2.05, 4.69) is 20.8 Å². The average Bonchev–Trinajstić information content (AvgIpc) is 1.84. The van der Waals surface area contributed by atoms with Crippen molar-refractivity contribution in [2.24, 2.45) is 17.3 Å². The van der Waals surface area contributed by atoms with E-state index in [0.717, 1.165) is 6.42 Å². The minimum Gasteiger partial charge on any atom is -0.295 e. The Bertz CT molecular complexity index is 248. The summed E-state index contributed by atoms with van der Waals surface area (Å²) in [6.07, 6.45) is 2.94. The lowest BCUT2D eigenvalue weighted by molar-refractivity contribution is -0.133. The van der Waals surface area contributed by atoms with Gasteiger partial charge in [-0.15, -0.1) is 0 Å². The Morgan fingerprint density at radius 3 is 2.45 bits per heavy atom. The summed E-state index contributed by atoms with van der Waals surface area (Å²) >= 11 is 0. The summed E-state index contributed by atoms with van der Waals surface area (Å²) < 4.78 is 0. The molecular weight excluding hydrogens is 136 g/mol. The Morgan fingerprint density at radius 2 is 2.09 bits per heavy atom. The monoisotopic (exact) mass is 150 g/mol. The first-order valence-electron chi connectivity index (χ1n) is 4.25. The van der Waals surface area contributed by atoms with Crippen LogP contribution < -0.4 is 0 Å². The van der Waals surface area contributed by atoms with E-state index in [1.807, 2.05) is 6.08 Å². The third-order valence-corrected chi connectivity index (χ3v) is 3.53. The third-order valence-electron chi connectivity index (χ3n) is 3.53. The highest BCUT2D eigenvalue weighted by molar-refractivity contribution is 5.95. The van der Waals surface area contributed by atoms with Crippen LogP contribution in [0, 0.1) is 17.3 Å². The number of rotatable bonds is 0. The molecule has 0 heterocycles. The molecule has 0 aliphatic heterocycles. The van der Waals surface area contributed by atoms with Crippen LogP contribution in [0.4, 0.5) is 0 Å². The van der Waals surface area contributed by atoms with Crippen molar-refractivity contribution in [2.45, 2.75) is 27.2 Å². The number of carbonyl (C=O) groups is 1. The third kappa shape index (κ3) is 0.688. The second-order valence-corrected chi connectivity index (χ2v) is 4.45. The highest BCUT2D eigenvalue weighted by Crippen LogP contribution is 2.57. The quantitative estimate of drug-likeness (QED) is 0.517. The van der Waals surface area contributed by atoms with Crippen molar-refractivity contribution in [3.8, 4) is 0 Å². The van der Waals surface area contributed by atoms with Crippen LogP contribution in [0.2, 0.25) is 0 Å². The van der Waals surface area contributed by atoms with E-state index >= 15 is 0 Å². The number of ketones is 1. The van der Waals surface area contributed by atoms with Gasteiger partial charge >= 0.3 is 0 Å². The van der Waals surface area contributed by atoms with Crippen LogP contribution in [0.15, 0.2) is 11.6 Å². The fourth-order valence-electron chi connectivity index (χ4n) is 2.61. The lowest BCUT2D eigenvalue weighted by Crippen LogP contribution is -2.51. The first-order valence-corrected chi connectivity index (χ1v) is 4.25. The Kier molecular flexibility index (Phi) is 1.14. The molecule has 0 aromatic rings. The van der Waals surface area contributed by atoms with Gasteiger partial charge in [0.25, 0.3) is 0 Å². The molecule has 0 aromatic carbocycles. The van der Waals surface area contributed by atoms with Crippen molar-refractivity contribution < 1.29 is 4.79 Å². The molecule has 0 N–H and O–H groups in total. The highest BCUT2D eigenvalue weighted by Gasteiger charge is 2.54. The maximum absolute atomic E-state index is 11.4. The van der Waals surface area contributed by atoms with Gasteiger partial charge in [-0.3, -0.25) is 4.79 Å². The van der Waals surface area contributed by atoms with E-state index in [1.54, 1.807) is 0 Å². The molecule has 0 amide bonds. The largest absolute Gasteiger partial charge is 0.295 e. The maximum Gasteiger partial charge on any atom is 0.159 e. The molecule has 3 aliphatic rings. The van der Waals surface area contributed by atoms with Gasteiger partial charge in [-0.05, 0) is 30.8 Å². The molecular formula is C10H14O. The van der Waals surface area contributed by atoms with Crippen LogP contribution in [0.3, 0.4) is 0 Å². The van der Waals surface area contributed by atoms with Crippen molar-refractivity contribution in [3.63, 3.8) is 0 Å². The molecule has 2 bridgehead atoms. The number of hydrogen-bond donors (Lipinski definition) is 0. The van der Waals surface area contributed by atoms with Crippen LogP contribution in [0.5, 0.6) is 0 Å². The topological polar surface area (TPSA) is 17.1 Å². The normalized spacial score (nSPS) is 39.5. The van der Waals surface area contributed by atoms with Crippen molar-refractivity contribution in [3.05, 3.63) is 11.6 Å². The minimum absolute atomic E-state index is 0.260. The highest BCUT2D eigenvalue weighted by atomic mass is 16.1. The summed E-state index contributed by atoms with van der Waals surface area (Å²) in [5, 5.41) is 0. The Hall–Kier alpha value is -0.590. The van der Waals surface area contributed by atoms with Gasteiger partial charge in [0.15, 0.2) is 5.78 Å². The first-order chi connectivity index (χ1) is 5.03. The molecule has 1 unspecified atom stereocenters. The smallest absolute Gasteiger partial charge is 0.159 e. The number of fused-ring (bicyclic) bond motifs is 1. The van der Waals surface area contributed by atoms with Crippen molar-refractivity contribution in [1.29, 1.82) is 0 Å². The fraction of sp³-hybridized carbons (Fsp3) is 0.700. The molecule has 1 heteroatoms. The molecule has 0 aromatic heterocycles. The summed E-state index contributed by atoms with van der Waals surface area (Å²) in [6.45, 7) is 6.50. The molecule has 0 radical (unpaired) electrons. The Balaban J connectivity index is 2.42. The molecule has 11 heavy (non-hydrogen) atoms. The summed E-state index contributed by atoms with van der Waals surface area (Å²) in [4.78, 5) is 11.4. The maximum atomic E-state index is 11.4. The van der Waals surface area contributed by atoms with Crippen LogP contribution in [-0.2, 0) is 4.79 Å². The van der Waals surface area contributed by atoms with E-state index in [9.17, 15) is 4.79 Å². The second kappa shape index (κ2) is 1.77. The lowest BCUT2D eigenvalue weighted by atomic mass is 9.49. The standard InChI is InChI=1S/C10H14O/c1-6-4-9(11)8-5-7(6)10(8,2)3/h4,7-8H,5H2,1-3H3/t7?,8-/m1/s1. The molecule has 3 rings (SSSR count). The molecule has 1 saturated carbocycles. The zero-order valence-corrected chi connectivity index (χ0v) is 7.35. The van der Waals surface area contributed by atoms with Crippen LogP contribution in [0.25, 0.3) is 0 Å². The van der Waals surface area contributed by atoms with Crippen molar-refractivity contribution in [1.82, 2.24) is 0 Å². The van der Waals surface area contributed by atoms with E-state index in [-0.39, 0.29) is 5.41 Å². The number of hydrogen-bond acceptors (Lipinski definition) is 1. The fourth-order valence-corrected chi connectivity index (χ4v) is 2.61. The molecule has 2 atom stereocenters. The van der Waals surface area contributed by atoms with Gasteiger partial charge in [-0.2, -0.15) is 0 Å². The van der Waals surface area contributed by atoms with Gasteiger partial charge in [0.05, 0.1) is 0 Å². The summed E-state index contributed by atoms with van der Waals surface area (Å²) in [5.74, 6) is 1.37. The molecule has 3 aliphatic carbocycles. The first kappa shape index (κ1) is 7.08. The zero-order valence-electron chi connectivity index (χ0n) is 7.35. The number of allylic oxidation sites excluding steroid dienone is 2. The van der Waals surface area contributed by atoms with Crippen LogP contribution >= 0.6 is 0 Å². The molecule has 0 saturated heterocycles. The van der Waals surface area contributed by atoms with Gasteiger partial charge in [-0.1, -0.05) is 19.4 Å². The SMILES string of the molecule is CC1=CC(=O)[C@H]2CC1C2(C)C. The van der Waals surface area contributed by atoms with E-state index < -0.39 is 0 Å². The number of carbonyl (C=O) groups excluding carboxylic acids is 1. The van der Waals surface area contributed by atoms with Crippen molar-refractivity contribution >= 4 is 5.78 Å². The lowest BCUT2D eigenvalue weighted by Gasteiger charge is -2.54. The second-order valence-electron chi connectivity index (χ2n) is 4.45. The summed E-state index contributed by atoms with van der Waals surface area (Å²) in [5.41, 5.74) is 1.55. The average molecular weight is 150 g/mol.